The number of hydrogen-bond donors (Lipinski definition) is 0. The monoisotopic (exact) mass is 449 g/mol. The molecule has 33 heavy (non-hydrogen) atoms. The summed E-state index contributed by atoms with van der Waals surface area (Å²) in [4.78, 5) is 18.9. The lowest BCUT2D eigenvalue weighted by Crippen LogP contribution is -2.39. The Morgan fingerprint density at radius 2 is 1.76 bits per heavy atom. The lowest BCUT2D eigenvalue weighted by atomic mass is 10.0. The normalized spacial score (nSPS) is 14.2. The van der Waals surface area contributed by atoms with Gasteiger partial charge in [-0.25, -0.2) is 9.78 Å². The summed E-state index contributed by atoms with van der Waals surface area (Å²) < 4.78 is 18.7. The Morgan fingerprint density at radius 1 is 1.06 bits per heavy atom. The van der Waals surface area contributed by atoms with Gasteiger partial charge in [-0.15, -0.1) is 0 Å². The van der Waals surface area contributed by atoms with E-state index in [1.807, 2.05) is 56.6 Å². The maximum absolute atomic E-state index is 12.5. The Bertz CT molecular complexity index is 1190. The van der Waals surface area contributed by atoms with E-state index in [9.17, 15) is 4.79 Å². The zero-order chi connectivity index (χ0) is 23.8. The Balaban J connectivity index is 1.63. The lowest BCUT2D eigenvalue weighted by Gasteiger charge is -2.30. The van der Waals surface area contributed by atoms with Gasteiger partial charge in [-0.1, -0.05) is 6.08 Å². The SMILES string of the molecule is COc1cc(-c2cnc3cc(C4=CCCN(C(=O)OC(C)(C)C)C4)ccn23)cc(OC)c1C. The third-order valence-electron chi connectivity index (χ3n) is 5.73. The summed E-state index contributed by atoms with van der Waals surface area (Å²) in [6.07, 6.45) is 6.57. The fourth-order valence-corrected chi connectivity index (χ4v) is 4.06. The van der Waals surface area contributed by atoms with Crippen LogP contribution in [0, 0.1) is 6.92 Å². The van der Waals surface area contributed by atoms with Crippen LogP contribution in [0.4, 0.5) is 4.79 Å². The number of carbonyl (C=O) groups is 1. The van der Waals surface area contributed by atoms with Crippen LogP contribution in [-0.4, -0.2) is 53.3 Å². The maximum atomic E-state index is 12.5. The van der Waals surface area contributed by atoms with Crippen LogP contribution in [0.15, 0.2) is 42.7 Å². The zero-order valence-corrected chi connectivity index (χ0v) is 20.1. The van der Waals surface area contributed by atoms with Crippen LogP contribution in [0.5, 0.6) is 11.5 Å². The third kappa shape index (κ3) is 4.67. The smallest absolute Gasteiger partial charge is 0.410 e. The van der Waals surface area contributed by atoms with Gasteiger partial charge in [0.1, 0.15) is 22.7 Å². The van der Waals surface area contributed by atoms with Crippen molar-refractivity contribution >= 4 is 17.3 Å². The van der Waals surface area contributed by atoms with Gasteiger partial charge in [-0.3, -0.25) is 4.40 Å². The highest BCUT2D eigenvalue weighted by molar-refractivity contribution is 5.77. The first-order valence-corrected chi connectivity index (χ1v) is 11.1. The summed E-state index contributed by atoms with van der Waals surface area (Å²) in [7, 11) is 3.32. The van der Waals surface area contributed by atoms with E-state index in [2.05, 4.69) is 23.2 Å². The van der Waals surface area contributed by atoms with E-state index >= 15 is 0 Å². The number of hydrogen-bond acceptors (Lipinski definition) is 5. The molecule has 0 aliphatic carbocycles. The number of aromatic nitrogens is 2. The second-order valence-electron chi connectivity index (χ2n) is 9.21. The number of fused-ring (bicyclic) bond motifs is 1. The molecule has 1 aliphatic heterocycles. The van der Waals surface area contributed by atoms with Crippen molar-refractivity contribution in [3.05, 3.63) is 53.9 Å². The number of pyridine rings is 1. The van der Waals surface area contributed by atoms with Gasteiger partial charge >= 0.3 is 6.09 Å². The number of amides is 1. The molecule has 0 saturated heterocycles. The van der Waals surface area contributed by atoms with E-state index in [0.717, 1.165) is 51.5 Å². The van der Waals surface area contributed by atoms with Crippen LogP contribution < -0.4 is 9.47 Å². The minimum Gasteiger partial charge on any atom is -0.496 e. The molecule has 174 valence electrons. The summed E-state index contributed by atoms with van der Waals surface area (Å²) in [5, 5.41) is 0. The van der Waals surface area contributed by atoms with Crippen molar-refractivity contribution in [2.24, 2.45) is 0 Å². The van der Waals surface area contributed by atoms with Crippen molar-refractivity contribution in [3.63, 3.8) is 0 Å². The van der Waals surface area contributed by atoms with Crippen LogP contribution in [0.1, 0.15) is 38.3 Å². The molecule has 0 fully saturated rings. The second-order valence-corrected chi connectivity index (χ2v) is 9.21. The quantitative estimate of drug-likeness (QED) is 0.537. The molecule has 0 unspecified atom stereocenters. The first kappa shape index (κ1) is 22.7. The molecule has 0 radical (unpaired) electrons. The molecule has 3 aromatic rings. The maximum Gasteiger partial charge on any atom is 0.410 e. The largest absolute Gasteiger partial charge is 0.496 e. The Kier molecular flexibility index (Phi) is 6.06. The number of carbonyl (C=O) groups excluding carboxylic acids is 1. The lowest BCUT2D eigenvalue weighted by molar-refractivity contribution is 0.0273. The highest BCUT2D eigenvalue weighted by Crippen LogP contribution is 2.35. The Labute approximate surface area is 194 Å². The van der Waals surface area contributed by atoms with Crippen molar-refractivity contribution in [3.8, 4) is 22.8 Å². The molecular weight excluding hydrogens is 418 g/mol. The van der Waals surface area contributed by atoms with Gasteiger partial charge in [0.25, 0.3) is 0 Å². The first-order chi connectivity index (χ1) is 15.7. The Morgan fingerprint density at radius 3 is 2.39 bits per heavy atom. The van der Waals surface area contributed by atoms with Crippen LogP contribution >= 0.6 is 0 Å². The number of ether oxygens (including phenoxy) is 3. The van der Waals surface area contributed by atoms with Gasteiger partial charge in [0.05, 0.1) is 26.1 Å². The predicted molar refractivity (Wildman–Crippen MR) is 129 cm³/mol. The fraction of sp³-hybridized carbons (Fsp3) is 0.385. The molecule has 7 nitrogen and oxygen atoms in total. The zero-order valence-electron chi connectivity index (χ0n) is 20.1. The van der Waals surface area contributed by atoms with Crippen LogP contribution in [0.3, 0.4) is 0 Å². The number of imidazole rings is 1. The molecule has 7 heteroatoms. The molecule has 1 aromatic carbocycles. The molecule has 4 rings (SSSR count). The standard InChI is InChI=1S/C26H31N3O4/c1-17-22(31-5)12-20(13-23(17)32-6)21-15-27-24-14-18(9-11-29(21)24)19-8-7-10-28(16-19)25(30)33-26(2,3)4/h8-9,11-15H,7,10,16H2,1-6H3. The highest BCUT2D eigenvalue weighted by Gasteiger charge is 2.25. The van der Waals surface area contributed by atoms with Gasteiger partial charge in [-0.05, 0) is 69.5 Å². The Hall–Kier alpha value is -3.48. The number of rotatable bonds is 4. The summed E-state index contributed by atoms with van der Waals surface area (Å²) in [5.41, 5.74) is 5.33. The van der Waals surface area contributed by atoms with Crippen LogP contribution in [0.2, 0.25) is 0 Å². The van der Waals surface area contributed by atoms with E-state index in [1.54, 1.807) is 19.1 Å². The van der Waals surface area contributed by atoms with E-state index in [0.29, 0.717) is 13.1 Å². The molecule has 0 saturated carbocycles. The van der Waals surface area contributed by atoms with Crippen molar-refractivity contribution in [2.45, 2.75) is 39.7 Å². The molecule has 1 aliphatic rings. The number of methoxy groups -OCH3 is 2. The average molecular weight is 450 g/mol. The van der Waals surface area contributed by atoms with Gasteiger partial charge in [0, 0.05) is 30.4 Å². The van der Waals surface area contributed by atoms with Gasteiger partial charge < -0.3 is 19.1 Å². The summed E-state index contributed by atoms with van der Waals surface area (Å²) in [6, 6.07) is 8.11. The topological polar surface area (TPSA) is 65.3 Å². The van der Waals surface area contributed by atoms with Crippen LogP contribution in [0.25, 0.3) is 22.5 Å². The van der Waals surface area contributed by atoms with Crippen LogP contribution in [-0.2, 0) is 4.74 Å². The van der Waals surface area contributed by atoms with Crippen molar-refractivity contribution < 1.29 is 19.0 Å². The highest BCUT2D eigenvalue weighted by atomic mass is 16.6. The molecule has 0 atom stereocenters. The molecule has 0 bridgehead atoms. The molecule has 3 heterocycles. The molecular formula is C26H31N3O4. The predicted octanol–water partition coefficient (Wildman–Crippen LogP) is 5.35. The average Bonchev–Trinajstić information content (AvgIpc) is 3.21. The van der Waals surface area contributed by atoms with Crippen molar-refractivity contribution in [1.82, 2.24) is 14.3 Å². The van der Waals surface area contributed by atoms with E-state index < -0.39 is 5.60 Å². The minimum atomic E-state index is -0.509. The molecule has 2 aromatic heterocycles. The second kappa shape index (κ2) is 8.81. The van der Waals surface area contributed by atoms with E-state index in [-0.39, 0.29) is 6.09 Å². The van der Waals surface area contributed by atoms with Gasteiger partial charge in [0.15, 0.2) is 0 Å². The molecule has 0 N–H and O–H groups in total. The fourth-order valence-electron chi connectivity index (χ4n) is 4.06. The number of nitrogens with zero attached hydrogens (tertiary/aromatic N) is 3. The summed E-state index contributed by atoms with van der Waals surface area (Å²) >= 11 is 0. The summed E-state index contributed by atoms with van der Waals surface area (Å²) in [6.45, 7) is 8.80. The molecule has 0 spiro atoms. The van der Waals surface area contributed by atoms with Gasteiger partial charge in [0.2, 0.25) is 0 Å². The van der Waals surface area contributed by atoms with E-state index in [1.165, 1.54) is 0 Å². The number of benzene rings is 1. The molecule has 1 amide bonds. The third-order valence-corrected chi connectivity index (χ3v) is 5.73. The van der Waals surface area contributed by atoms with Gasteiger partial charge in [-0.2, -0.15) is 0 Å². The van der Waals surface area contributed by atoms with Crippen molar-refractivity contribution in [1.29, 1.82) is 0 Å². The van der Waals surface area contributed by atoms with Crippen molar-refractivity contribution in [2.75, 3.05) is 27.3 Å². The van der Waals surface area contributed by atoms with E-state index in [4.69, 9.17) is 14.2 Å². The minimum absolute atomic E-state index is 0.278. The first-order valence-electron chi connectivity index (χ1n) is 11.1. The summed E-state index contributed by atoms with van der Waals surface area (Å²) in [5.74, 6) is 1.54.